The van der Waals surface area contributed by atoms with Crippen LogP contribution in [0.1, 0.15) is 11.1 Å². The zero-order chi connectivity index (χ0) is 22.3. The molecule has 7 heteroatoms. The van der Waals surface area contributed by atoms with Crippen LogP contribution in [-0.2, 0) is 22.7 Å². The Morgan fingerprint density at radius 1 is 0.906 bits per heavy atom. The van der Waals surface area contributed by atoms with E-state index in [0.29, 0.717) is 11.7 Å². The minimum atomic E-state index is -0.141. The van der Waals surface area contributed by atoms with E-state index in [9.17, 15) is 9.59 Å². The van der Waals surface area contributed by atoms with Gasteiger partial charge in [0.05, 0.1) is 16.8 Å². The van der Waals surface area contributed by atoms with Crippen molar-refractivity contribution in [2.24, 2.45) is 0 Å². The number of nitrogens with one attached hydrogen (secondary N) is 2. The Kier molecular flexibility index (Phi) is 6.87. The highest BCUT2D eigenvalue weighted by Crippen LogP contribution is 2.24. The first-order chi connectivity index (χ1) is 15.6. The van der Waals surface area contributed by atoms with E-state index in [4.69, 9.17) is 0 Å². The lowest BCUT2D eigenvalue weighted by atomic mass is 10.2. The van der Waals surface area contributed by atoms with Crippen LogP contribution in [0.4, 0.5) is 5.69 Å². The van der Waals surface area contributed by atoms with Gasteiger partial charge in [0.2, 0.25) is 11.8 Å². The molecule has 4 aromatic rings. The molecule has 0 spiro atoms. The molecule has 0 atom stereocenters. The monoisotopic (exact) mass is 444 g/mol. The number of aryl methyl sites for hydroxylation is 1. The average Bonchev–Trinajstić information content (AvgIpc) is 3.16. The Hall–Kier alpha value is -3.58. The molecule has 1 aromatic heterocycles. The lowest BCUT2D eigenvalue weighted by molar-refractivity contribution is -0.118. The highest BCUT2D eigenvalue weighted by molar-refractivity contribution is 7.99. The molecule has 0 radical (unpaired) electrons. The van der Waals surface area contributed by atoms with Gasteiger partial charge in [-0.05, 0) is 36.2 Å². The van der Waals surface area contributed by atoms with Crippen molar-refractivity contribution in [3.05, 3.63) is 90.0 Å². The summed E-state index contributed by atoms with van der Waals surface area (Å²) in [7, 11) is 0. The molecule has 32 heavy (non-hydrogen) atoms. The smallest absolute Gasteiger partial charge is 0.244 e. The van der Waals surface area contributed by atoms with Crippen molar-refractivity contribution in [1.82, 2.24) is 14.9 Å². The van der Waals surface area contributed by atoms with Crippen LogP contribution in [-0.4, -0.2) is 27.1 Å². The number of benzene rings is 3. The molecular formula is C25H24N4O2S. The minimum absolute atomic E-state index is 0.0816. The van der Waals surface area contributed by atoms with Crippen LogP contribution in [0.2, 0.25) is 0 Å². The number of thioether (sulfide) groups is 1. The van der Waals surface area contributed by atoms with Crippen LogP contribution < -0.4 is 10.6 Å². The Morgan fingerprint density at radius 2 is 1.62 bits per heavy atom. The SMILES string of the molecule is Cc1ccccc1NC(=O)Cn1c(SCC(=O)NCc2ccccc2)nc2ccccc21. The number of fused-ring (bicyclic) bond motifs is 1. The van der Waals surface area contributed by atoms with Crippen molar-refractivity contribution in [3.8, 4) is 0 Å². The summed E-state index contributed by atoms with van der Waals surface area (Å²) in [5.74, 6) is -0.00472. The van der Waals surface area contributed by atoms with Gasteiger partial charge in [0, 0.05) is 12.2 Å². The van der Waals surface area contributed by atoms with Crippen LogP contribution in [0, 0.1) is 6.92 Å². The lowest BCUT2D eigenvalue weighted by Gasteiger charge is -2.11. The van der Waals surface area contributed by atoms with E-state index in [1.165, 1.54) is 11.8 Å². The molecule has 2 amide bonds. The third-order valence-corrected chi connectivity index (χ3v) is 5.98. The van der Waals surface area contributed by atoms with Crippen LogP contribution in [0.15, 0.2) is 84.0 Å². The van der Waals surface area contributed by atoms with E-state index < -0.39 is 0 Å². The molecule has 6 nitrogen and oxygen atoms in total. The van der Waals surface area contributed by atoms with E-state index >= 15 is 0 Å². The van der Waals surface area contributed by atoms with Gasteiger partial charge in [0.25, 0.3) is 0 Å². The predicted octanol–water partition coefficient (Wildman–Crippen LogP) is 4.39. The number of nitrogens with zero attached hydrogens (tertiary/aromatic N) is 2. The fourth-order valence-electron chi connectivity index (χ4n) is 3.34. The number of imidazole rings is 1. The molecule has 0 unspecified atom stereocenters. The second kappa shape index (κ2) is 10.2. The Morgan fingerprint density at radius 3 is 2.44 bits per heavy atom. The zero-order valence-electron chi connectivity index (χ0n) is 17.7. The van der Waals surface area contributed by atoms with Crippen molar-refractivity contribution in [2.75, 3.05) is 11.1 Å². The molecule has 0 fully saturated rings. The van der Waals surface area contributed by atoms with Crippen molar-refractivity contribution >= 4 is 40.3 Å². The van der Waals surface area contributed by atoms with E-state index in [-0.39, 0.29) is 24.1 Å². The normalized spacial score (nSPS) is 10.8. The van der Waals surface area contributed by atoms with Gasteiger partial charge in [-0.15, -0.1) is 0 Å². The minimum Gasteiger partial charge on any atom is -0.351 e. The van der Waals surface area contributed by atoms with Crippen molar-refractivity contribution in [3.63, 3.8) is 0 Å². The first-order valence-electron chi connectivity index (χ1n) is 10.3. The summed E-state index contributed by atoms with van der Waals surface area (Å²) < 4.78 is 1.86. The van der Waals surface area contributed by atoms with Crippen LogP contribution in [0.5, 0.6) is 0 Å². The fourth-order valence-corrected chi connectivity index (χ4v) is 4.18. The molecule has 3 aromatic carbocycles. The molecule has 1 heterocycles. The summed E-state index contributed by atoms with van der Waals surface area (Å²) in [6.45, 7) is 2.55. The second-order valence-electron chi connectivity index (χ2n) is 7.38. The van der Waals surface area contributed by atoms with Gasteiger partial charge >= 0.3 is 0 Å². The third kappa shape index (κ3) is 5.36. The average molecular weight is 445 g/mol. The van der Waals surface area contributed by atoms with Gasteiger partial charge in [0.1, 0.15) is 6.54 Å². The highest BCUT2D eigenvalue weighted by Gasteiger charge is 2.16. The molecule has 4 rings (SSSR count). The largest absolute Gasteiger partial charge is 0.351 e. The first-order valence-corrected chi connectivity index (χ1v) is 11.3. The summed E-state index contributed by atoms with van der Waals surface area (Å²) in [5, 5.41) is 6.53. The van der Waals surface area contributed by atoms with Gasteiger partial charge < -0.3 is 15.2 Å². The molecule has 0 aliphatic heterocycles. The van der Waals surface area contributed by atoms with Crippen LogP contribution in [0.3, 0.4) is 0 Å². The van der Waals surface area contributed by atoms with Crippen molar-refractivity contribution in [2.45, 2.75) is 25.2 Å². The molecule has 0 saturated heterocycles. The maximum absolute atomic E-state index is 12.8. The number of rotatable bonds is 8. The summed E-state index contributed by atoms with van der Waals surface area (Å²) >= 11 is 1.33. The Bertz CT molecular complexity index is 1240. The van der Waals surface area contributed by atoms with Gasteiger partial charge in [0.15, 0.2) is 5.16 Å². The number of carbonyl (C=O) groups is 2. The summed E-state index contributed by atoms with van der Waals surface area (Å²) in [6, 6.07) is 25.1. The molecule has 0 bridgehead atoms. The number of para-hydroxylation sites is 3. The van der Waals surface area contributed by atoms with Gasteiger partial charge in [-0.3, -0.25) is 9.59 Å². The summed E-state index contributed by atoms with van der Waals surface area (Å²) in [5.41, 5.74) is 4.49. The predicted molar refractivity (Wildman–Crippen MR) is 129 cm³/mol. The second-order valence-corrected chi connectivity index (χ2v) is 8.33. The first kappa shape index (κ1) is 21.6. The fraction of sp³-hybridized carbons (Fsp3) is 0.160. The van der Waals surface area contributed by atoms with Crippen LogP contribution >= 0.6 is 11.8 Å². The van der Waals surface area contributed by atoms with Crippen molar-refractivity contribution in [1.29, 1.82) is 0 Å². The van der Waals surface area contributed by atoms with Crippen LogP contribution in [0.25, 0.3) is 11.0 Å². The van der Waals surface area contributed by atoms with Crippen molar-refractivity contribution < 1.29 is 9.59 Å². The number of anilines is 1. The maximum Gasteiger partial charge on any atom is 0.244 e. The summed E-state index contributed by atoms with van der Waals surface area (Å²) in [6.07, 6.45) is 0. The Labute approximate surface area is 191 Å². The third-order valence-electron chi connectivity index (χ3n) is 5.01. The summed E-state index contributed by atoms with van der Waals surface area (Å²) in [4.78, 5) is 29.8. The van der Waals surface area contributed by atoms with Gasteiger partial charge in [-0.1, -0.05) is 72.4 Å². The number of aromatic nitrogens is 2. The molecule has 0 aliphatic rings. The number of carbonyl (C=O) groups excluding carboxylic acids is 2. The molecule has 0 aliphatic carbocycles. The number of amides is 2. The lowest BCUT2D eigenvalue weighted by Crippen LogP contribution is -2.25. The molecule has 162 valence electrons. The van der Waals surface area contributed by atoms with E-state index in [2.05, 4.69) is 15.6 Å². The van der Waals surface area contributed by atoms with E-state index in [0.717, 1.165) is 27.8 Å². The number of hydrogen-bond donors (Lipinski definition) is 2. The highest BCUT2D eigenvalue weighted by atomic mass is 32.2. The van der Waals surface area contributed by atoms with E-state index in [1.807, 2.05) is 90.4 Å². The topological polar surface area (TPSA) is 76.0 Å². The number of hydrogen-bond acceptors (Lipinski definition) is 4. The standard InChI is InChI=1S/C25H24N4O2S/c1-18-9-5-6-12-20(18)27-23(30)16-29-22-14-8-7-13-21(22)28-25(29)32-17-24(31)26-15-19-10-3-2-4-11-19/h2-14H,15-17H2,1H3,(H,26,31)(H,27,30). The molecular weight excluding hydrogens is 420 g/mol. The molecule has 2 N–H and O–H groups in total. The Balaban J connectivity index is 1.44. The quantitative estimate of drug-likeness (QED) is 0.395. The molecule has 0 saturated carbocycles. The maximum atomic E-state index is 12.8. The zero-order valence-corrected chi connectivity index (χ0v) is 18.6. The van der Waals surface area contributed by atoms with E-state index in [1.54, 1.807) is 0 Å². The van der Waals surface area contributed by atoms with Gasteiger partial charge in [-0.25, -0.2) is 4.98 Å². The van der Waals surface area contributed by atoms with Gasteiger partial charge in [-0.2, -0.15) is 0 Å².